The van der Waals surface area contributed by atoms with Crippen molar-refractivity contribution in [1.82, 2.24) is 5.32 Å². The van der Waals surface area contributed by atoms with E-state index in [9.17, 15) is 4.79 Å². The van der Waals surface area contributed by atoms with Crippen LogP contribution in [-0.4, -0.2) is 31.3 Å². The van der Waals surface area contributed by atoms with Crippen LogP contribution < -0.4 is 10.1 Å². The lowest BCUT2D eigenvalue weighted by Crippen LogP contribution is -2.37. The average molecular weight is 237 g/mol. The Morgan fingerprint density at radius 2 is 2.18 bits per heavy atom. The SMILES string of the molecule is COc1cccc(C(C)(C)CNC(=O)CO)c1. The number of carbonyl (C=O) groups is 1. The number of hydrogen-bond acceptors (Lipinski definition) is 3. The Morgan fingerprint density at radius 3 is 2.76 bits per heavy atom. The summed E-state index contributed by atoms with van der Waals surface area (Å²) < 4.78 is 5.17. The van der Waals surface area contributed by atoms with Crippen LogP contribution in [0.5, 0.6) is 5.75 Å². The molecule has 4 heteroatoms. The number of amides is 1. The van der Waals surface area contributed by atoms with Crippen LogP contribution >= 0.6 is 0 Å². The van der Waals surface area contributed by atoms with E-state index in [1.165, 1.54) is 0 Å². The van der Waals surface area contributed by atoms with Gasteiger partial charge in [-0.15, -0.1) is 0 Å². The quantitative estimate of drug-likeness (QED) is 0.805. The Balaban J connectivity index is 2.77. The smallest absolute Gasteiger partial charge is 0.245 e. The normalized spacial score (nSPS) is 11.1. The van der Waals surface area contributed by atoms with Crippen molar-refractivity contribution in [2.45, 2.75) is 19.3 Å². The Labute approximate surface area is 102 Å². The Bertz CT molecular complexity index is 388. The van der Waals surface area contributed by atoms with E-state index < -0.39 is 6.61 Å². The van der Waals surface area contributed by atoms with Gasteiger partial charge in [0.2, 0.25) is 5.91 Å². The molecule has 1 amide bonds. The summed E-state index contributed by atoms with van der Waals surface area (Å²) in [6.07, 6.45) is 0. The zero-order valence-corrected chi connectivity index (χ0v) is 10.5. The minimum atomic E-state index is -0.478. The van der Waals surface area contributed by atoms with E-state index in [-0.39, 0.29) is 11.3 Å². The van der Waals surface area contributed by atoms with Gasteiger partial charge in [0.25, 0.3) is 0 Å². The second-order valence-corrected chi connectivity index (χ2v) is 4.55. The van der Waals surface area contributed by atoms with Crippen molar-refractivity contribution in [2.75, 3.05) is 20.3 Å². The van der Waals surface area contributed by atoms with Crippen LogP contribution in [0, 0.1) is 0 Å². The highest BCUT2D eigenvalue weighted by molar-refractivity contribution is 5.76. The zero-order chi connectivity index (χ0) is 12.9. The molecule has 1 aromatic carbocycles. The molecule has 0 aliphatic heterocycles. The number of aliphatic hydroxyl groups is 1. The summed E-state index contributed by atoms with van der Waals surface area (Å²) in [6.45, 7) is 4.05. The van der Waals surface area contributed by atoms with Crippen molar-refractivity contribution in [3.05, 3.63) is 29.8 Å². The Morgan fingerprint density at radius 1 is 1.47 bits per heavy atom. The number of methoxy groups -OCH3 is 1. The fourth-order valence-electron chi connectivity index (χ4n) is 1.52. The number of nitrogens with one attached hydrogen (secondary N) is 1. The van der Waals surface area contributed by atoms with Crippen molar-refractivity contribution in [1.29, 1.82) is 0 Å². The summed E-state index contributed by atoms with van der Waals surface area (Å²) in [5.74, 6) is 0.435. The van der Waals surface area contributed by atoms with Gasteiger partial charge in [-0.1, -0.05) is 26.0 Å². The Hall–Kier alpha value is -1.55. The summed E-state index contributed by atoms with van der Waals surface area (Å²) in [5, 5.41) is 11.3. The number of carbonyl (C=O) groups excluding carboxylic acids is 1. The molecule has 0 fully saturated rings. The lowest BCUT2D eigenvalue weighted by Gasteiger charge is -2.25. The molecule has 1 aromatic rings. The van der Waals surface area contributed by atoms with E-state index in [0.29, 0.717) is 6.54 Å². The molecule has 0 saturated heterocycles. The highest BCUT2D eigenvalue weighted by Crippen LogP contribution is 2.25. The first-order valence-electron chi connectivity index (χ1n) is 5.51. The largest absolute Gasteiger partial charge is 0.497 e. The molecule has 2 N–H and O–H groups in total. The number of hydrogen-bond donors (Lipinski definition) is 2. The first-order valence-corrected chi connectivity index (χ1v) is 5.51. The number of ether oxygens (including phenoxy) is 1. The maximum absolute atomic E-state index is 11.0. The van der Waals surface area contributed by atoms with Gasteiger partial charge in [-0.2, -0.15) is 0 Å². The molecule has 0 bridgehead atoms. The molecule has 0 heterocycles. The molecule has 17 heavy (non-hydrogen) atoms. The standard InChI is InChI=1S/C13H19NO3/c1-13(2,9-14-12(16)8-15)10-5-4-6-11(7-10)17-3/h4-7,15H,8-9H2,1-3H3,(H,14,16). The molecule has 94 valence electrons. The number of rotatable bonds is 5. The van der Waals surface area contributed by atoms with Gasteiger partial charge in [-0.05, 0) is 17.7 Å². The summed E-state index contributed by atoms with van der Waals surface area (Å²) in [6, 6.07) is 7.74. The van der Waals surface area contributed by atoms with Crippen molar-refractivity contribution >= 4 is 5.91 Å². The van der Waals surface area contributed by atoms with Gasteiger partial charge in [0, 0.05) is 12.0 Å². The van der Waals surface area contributed by atoms with E-state index in [4.69, 9.17) is 9.84 Å². The molecular weight excluding hydrogens is 218 g/mol. The van der Waals surface area contributed by atoms with E-state index in [1.807, 2.05) is 38.1 Å². The van der Waals surface area contributed by atoms with Crippen LogP contribution in [-0.2, 0) is 10.2 Å². The molecule has 4 nitrogen and oxygen atoms in total. The first-order chi connectivity index (χ1) is 7.99. The van der Waals surface area contributed by atoms with Gasteiger partial charge in [-0.25, -0.2) is 0 Å². The van der Waals surface area contributed by atoms with Crippen molar-refractivity contribution in [3.63, 3.8) is 0 Å². The predicted molar refractivity (Wildman–Crippen MR) is 66.1 cm³/mol. The van der Waals surface area contributed by atoms with Crippen LogP contribution in [0.2, 0.25) is 0 Å². The second kappa shape index (κ2) is 5.68. The molecule has 0 spiro atoms. The van der Waals surface area contributed by atoms with E-state index in [1.54, 1.807) is 7.11 Å². The lowest BCUT2D eigenvalue weighted by molar-refractivity contribution is -0.124. The van der Waals surface area contributed by atoms with Crippen LogP contribution in [0.15, 0.2) is 24.3 Å². The topological polar surface area (TPSA) is 58.6 Å². The number of benzene rings is 1. The van der Waals surface area contributed by atoms with E-state index >= 15 is 0 Å². The highest BCUT2D eigenvalue weighted by atomic mass is 16.5. The summed E-state index contributed by atoms with van der Waals surface area (Å²) >= 11 is 0. The fourth-order valence-corrected chi connectivity index (χ4v) is 1.52. The molecule has 0 aliphatic carbocycles. The minimum Gasteiger partial charge on any atom is -0.497 e. The first kappa shape index (κ1) is 13.5. The molecule has 1 rings (SSSR count). The van der Waals surface area contributed by atoms with Crippen LogP contribution in [0.3, 0.4) is 0 Å². The van der Waals surface area contributed by atoms with Gasteiger partial charge in [0.15, 0.2) is 0 Å². The molecule has 0 aromatic heterocycles. The Kier molecular flexibility index (Phi) is 4.52. The third-order valence-corrected chi connectivity index (χ3v) is 2.72. The molecule has 0 saturated carbocycles. The van der Waals surface area contributed by atoms with Gasteiger partial charge >= 0.3 is 0 Å². The molecule has 0 unspecified atom stereocenters. The zero-order valence-electron chi connectivity index (χ0n) is 10.5. The predicted octanol–water partition coefficient (Wildman–Crippen LogP) is 1.08. The summed E-state index contributed by atoms with van der Waals surface area (Å²) in [4.78, 5) is 11.0. The maximum Gasteiger partial charge on any atom is 0.245 e. The van der Waals surface area contributed by atoms with Crippen LogP contribution in [0.25, 0.3) is 0 Å². The van der Waals surface area contributed by atoms with Gasteiger partial charge in [0.1, 0.15) is 12.4 Å². The molecule has 0 radical (unpaired) electrons. The van der Waals surface area contributed by atoms with Crippen molar-refractivity contribution in [3.8, 4) is 5.75 Å². The van der Waals surface area contributed by atoms with Crippen molar-refractivity contribution in [2.24, 2.45) is 0 Å². The third-order valence-electron chi connectivity index (χ3n) is 2.72. The number of aliphatic hydroxyl groups excluding tert-OH is 1. The highest BCUT2D eigenvalue weighted by Gasteiger charge is 2.21. The second-order valence-electron chi connectivity index (χ2n) is 4.55. The lowest BCUT2D eigenvalue weighted by atomic mass is 9.84. The van der Waals surface area contributed by atoms with Gasteiger partial charge in [0.05, 0.1) is 7.11 Å². The van der Waals surface area contributed by atoms with Crippen molar-refractivity contribution < 1.29 is 14.6 Å². The average Bonchev–Trinajstić information content (AvgIpc) is 2.36. The third kappa shape index (κ3) is 3.75. The summed E-state index contributed by atoms with van der Waals surface area (Å²) in [5.41, 5.74) is 0.870. The monoisotopic (exact) mass is 237 g/mol. The van der Waals surface area contributed by atoms with E-state index in [2.05, 4.69) is 5.32 Å². The maximum atomic E-state index is 11.0. The summed E-state index contributed by atoms with van der Waals surface area (Å²) in [7, 11) is 1.62. The van der Waals surface area contributed by atoms with Crippen LogP contribution in [0.4, 0.5) is 0 Å². The fraction of sp³-hybridized carbons (Fsp3) is 0.462. The molecule has 0 atom stereocenters. The minimum absolute atomic E-state index is 0.209. The van der Waals surface area contributed by atoms with Crippen LogP contribution in [0.1, 0.15) is 19.4 Å². The van der Waals surface area contributed by atoms with Gasteiger partial charge < -0.3 is 15.2 Å². The van der Waals surface area contributed by atoms with E-state index in [0.717, 1.165) is 11.3 Å². The van der Waals surface area contributed by atoms with Gasteiger partial charge in [-0.3, -0.25) is 4.79 Å². The molecule has 0 aliphatic rings. The molecular formula is C13H19NO3.